The van der Waals surface area contributed by atoms with E-state index in [9.17, 15) is 4.79 Å². The summed E-state index contributed by atoms with van der Waals surface area (Å²) in [6.07, 6.45) is 4.04. The molecular formula is C22H32IN5O2S. The van der Waals surface area contributed by atoms with E-state index in [1.807, 2.05) is 43.7 Å². The minimum absolute atomic E-state index is 0. The van der Waals surface area contributed by atoms with Crippen LogP contribution in [0.4, 0.5) is 0 Å². The lowest BCUT2D eigenvalue weighted by Gasteiger charge is -2.31. The summed E-state index contributed by atoms with van der Waals surface area (Å²) in [5.74, 6) is 1.72. The highest BCUT2D eigenvalue weighted by Crippen LogP contribution is 2.38. The maximum absolute atomic E-state index is 12.7. The van der Waals surface area contributed by atoms with Gasteiger partial charge in [-0.05, 0) is 37.1 Å². The minimum atomic E-state index is -0.330. The molecule has 0 saturated heterocycles. The molecule has 3 rings (SSSR count). The van der Waals surface area contributed by atoms with Crippen LogP contribution in [-0.4, -0.2) is 56.5 Å². The normalized spacial score (nSPS) is 15.2. The maximum atomic E-state index is 12.7. The number of halogens is 1. The van der Waals surface area contributed by atoms with Crippen molar-refractivity contribution >= 4 is 47.2 Å². The van der Waals surface area contributed by atoms with E-state index in [1.165, 1.54) is 0 Å². The van der Waals surface area contributed by atoms with Gasteiger partial charge >= 0.3 is 0 Å². The SMILES string of the molecule is CN=C(NCc1csc(-c2ccc(OC)cc2)n1)NCC1(C(=O)N(C)C)CCCC1.I. The van der Waals surface area contributed by atoms with Crippen molar-refractivity contribution in [2.45, 2.75) is 32.2 Å². The molecule has 0 spiro atoms. The molecule has 170 valence electrons. The summed E-state index contributed by atoms with van der Waals surface area (Å²) in [6.45, 7) is 1.17. The first-order chi connectivity index (χ1) is 14.5. The molecule has 1 heterocycles. The topological polar surface area (TPSA) is 78.9 Å². The molecule has 1 aromatic carbocycles. The first kappa shape index (κ1) is 25.4. The Labute approximate surface area is 205 Å². The molecular weight excluding hydrogens is 525 g/mol. The van der Waals surface area contributed by atoms with Gasteiger partial charge in [-0.3, -0.25) is 9.79 Å². The number of carbonyl (C=O) groups is 1. The van der Waals surface area contributed by atoms with Gasteiger partial charge < -0.3 is 20.3 Å². The number of amides is 1. The number of rotatable bonds is 7. The van der Waals surface area contributed by atoms with E-state index in [4.69, 9.17) is 9.72 Å². The molecule has 9 heteroatoms. The molecule has 0 unspecified atom stereocenters. The third-order valence-electron chi connectivity index (χ3n) is 5.56. The third kappa shape index (κ3) is 6.31. The van der Waals surface area contributed by atoms with Crippen LogP contribution >= 0.6 is 35.3 Å². The fourth-order valence-electron chi connectivity index (χ4n) is 3.89. The fraction of sp³-hybridized carbons (Fsp3) is 0.500. The number of ether oxygens (including phenoxy) is 1. The molecule has 1 amide bonds. The number of benzene rings is 1. The van der Waals surface area contributed by atoms with Gasteiger partial charge in [-0.15, -0.1) is 35.3 Å². The average molecular weight is 558 g/mol. The molecule has 2 aromatic rings. The van der Waals surface area contributed by atoms with E-state index < -0.39 is 0 Å². The van der Waals surface area contributed by atoms with Crippen molar-refractivity contribution in [1.29, 1.82) is 0 Å². The second-order valence-electron chi connectivity index (χ2n) is 7.84. The van der Waals surface area contributed by atoms with Crippen LogP contribution in [0.15, 0.2) is 34.6 Å². The van der Waals surface area contributed by atoms with Gasteiger partial charge in [0, 0.05) is 38.6 Å². The summed E-state index contributed by atoms with van der Waals surface area (Å²) < 4.78 is 5.21. The van der Waals surface area contributed by atoms with E-state index >= 15 is 0 Å². The molecule has 1 aliphatic carbocycles. The Hall–Kier alpha value is -1.88. The monoisotopic (exact) mass is 557 g/mol. The summed E-state index contributed by atoms with van der Waals surface area (Å²) in [7, 11) is 7.07. The first-order valence-electron chi connectivity index (χ1n) is 10.2. The van der Waals surface area contributed by atoms with Crippen LogP contribution in [0.5, 0.6) is 5.75 Å². The third-order valence-corrected chi connectivity index (χ3v) is 6.50. The van der Waals surface area contributed by atoms with Crippen LogP contribution in [0, 0.1) is 5.41 Å². The van der Waals surface area contributed by atoms with Crippen molar-refractivity contribution in [2.24, 2.45) is 10.4 Å². The van der Waals surface area contributed by atoms with Gasteiger partial charge in [-0.25, -0.2) is 4.98 Å². The number of hydrogen-bond donors (Lipinski definition) is 2. The lowest BCUT2D eigenvalue weighted by molar-refractivity contribution is -0.138. The number of aromatic nitrogens is 1. The molecule has 0 aliphatic heterocycles. The van der Waals surface area contributed by atoms with E-state index in [0.717, 1.165) is 47.7 Å². The lowest BCUT2D eigenvalue weighted by Crippen LogP contribution is -2.49. The fourth-order valence-corrected chi connectivity index (χ4v) is 4.72. The summed E-state index contributed by atoms with van der Waals surface area (Å²) in [5, 5.41) is 9.70. The minimum Gasteiger partial charge on any atom is -0.497 e. The number of methoxy groups -OCH3 is 1. The van der Waals surface area contributed by atoms with E-state index in [0.29, 0.717) is 19.0 Å². The Morgan fingerprint density at radius 2 is 1.90 bits per heavy atom. The summed E-state index contributed by atoms with van der Waals surface area (Å²) in [5.41, 5.74) is 1.69. The number of hydrogen-bond acceptors (Lipinski definition) is 5. The van der Waals surface area contributed by atoms with E-state index in [-0.39, 0.29) is 35.3 Å². The number of nitrogens with zero attached hydrogens (tertiary/aromatic N) is 3. The highest BCUT2D eigenvalue weighted by Gasteiger charge is 2.42. The van der Waals surface area contributed by atoms with Crippen LogP contribution in [-0.2, 0) is 11.3 Å². The van der Waals surface area contributed by atoms with Crippen molar-refractivity contribution < 1.29 is 9.53 Å². The van der Waals surface area contributed by atoms with Crippen molar-refractivity contribution in [3.63, 3.8) is 0 Å². The van der Waals surface area contributed by atoms with E-state index in [1.54, 1.807) is 30.4 Å². The van der Waals surface area contributed by atoms with Crippen LogP contribution in [0.2, 0.25) is 0 Å². The van der Waals surface area contributed by atoms with Crippen molar-refractivity contribution in [1.82, 2.24) is 20.5 Å². The van der Waals surface area contributed by atoms with Gasteiger partial charge in [-0.1, -0.05) is 12.8 Å². The van der Waals surface area contributed by atoms with Gasteiger partial charge in [0.25, 0.3) is 0 Å². The molecule has 0 bridgehead atoms. The average Bonchev–Trinajstić information content (AvgIpc) is 3.44. The molecule has 2 N–H and O–H groups in total. The Kier molecular flexibility index (Phi) is 9.54. The Bertz CT molecular complexity index is 876. The smallest absolute Gasteiger partial charge is 0.230 e. The predicted molar refractivity (Wildman–Crippen MR) is 137 cm³/mol. The second kappa shape index (κ2) is 11.7. The first-order valence-corrected chi connectivity index (χ1v) is 11.1. The van der Waals surface area contributed by atoms with Crippen molar-refractivity contribution in [2.75, 3.05) is 34.8 Å². The molecule has 1 fully saturated rings. The van der Waals surface area contributed by atoms with Crippen LogP contribution in [0.1, 0.15) is 31.4 Å². The molecule has 31 heavy (non-hydrogen) atoms. The van der Waals surface area contributed by atoms with Gasteiger partial charge in [0.05, 0.1) is 24.8 Å². The van der Waals surface area contributed by atoms with Crippen LogP contribution in [0.3, 0.4) is 0 Å². The molecule has 0 atom stereocenters. The number of aliphatic imine (C=N–C) groups is 1. The molecule has 1 aliphatic rings. The number of guanidine groups is 1. The quantitative estimate of drug-likeness (QED) is 0.308. The predicted octanol–water partition coefficient (Wildman–Crippen LogP) is 3.75. The zero-order chi connectivity index (χ0) is 21.6. The Balaban J connectivity index is 0.00000341. The van der Waals surface area contributed by atoms with Crippen LogP contribution in [0.25, 0.3) is 10.6 Å². The summed E-state index contributed by atoms with van der Waals surface area (Å²) in [4.78, 5) is 23.5. The number of nitrogens with one attached hydrogen (secondary N) is 2. The molecule has 0 radical (unpaired) electrons. The van der Waals surface area contributed by atoms with Gasteiger partial charge in [0.2, 0.25) is 5.91 Å². The van der Waals surface area contributed by atoms with E-state index in [2.05, 4.69) is 15.6 Å². The Morgan fingerprint density at radius 3 is 2.48 bits per heavy atom. The van der Waals surface area contributed by atoms with Crippen molar-refractivity contribution in [3.05, 3.63) is 35.3 Å². The highest BCUT2D eigenvalue weighted by atomic mass is 127. The lowest BCUT2D eigenvalue weighted by atomic mass is 9.84. The molecule has 1 aromatic heterocycles. The maximum Gasteiger partial charge on any atom is 0.230 e. The van der Waals surface area contributed by atoms with Crippen molar-refractivity contribution in [3.8, 4) is 16.3 Å². The largest absolute Gasteiger partial charge is 0.497 e. The second-order valence-corrected chi connectivity index (χ2v) is 8.70. The Morgan fingerprint density at radius 1 is 1.23 bits per heavy atom. The van der Waals surface area contributed by atoms with Gasteiger partial charge in [-0.2, -0.15) is 0 Å². The molecule has 7 nitrogen and oxygen atoms in total. The standard InChI is InChI=1S/C22H31N5O2S.HI/c1-23-21(25-15-22(11-5-6-12-22)20(28)27(2)3)24-13-17-14-30-19(26-17)16-7-9-18(29-4)10-8-16;/h7-10,14H,5-6,11-13,15H2,1-4H3,(H2,23,24,25);1H. The highest BCUT2D eigenvalue weighted by molar-refractivity contribution is 14.0. The number of carbonyl (C=O) groups excluding carboxylic acids is 1. The summed E-state index contributed by atoms with van der Waals surface area (Å²) in [6, 6.07) is 7.90. The van der Waals surface area contributed by atoms with Gasteiger partial charge in [0.1, 0.15) is 10.8 Å². The van der Waals surface area contributed by atoms with Crippen LogP contribution < -0.4 is 15.4 Å². The summed E-state index contributed by atoms with van der Waals surface area (Å²) >= 11 is 1.61. The molecule has 1 saturated carbocycles. The van der Waals surface area contributed by atoms with Gasteiger partial charge in [0.15, 0.2) is 5.96 Å². The zero-order valence-corrected chi connectivity index (χ0v) is 21.8. The zero-order valence-electron chi connectivity index (χ0n) is 18.6. The number of thiazole rings is 1.